The monoisotopic (exact) mass is 384 g/mol. The largest absolute Gasteiger partial charge is 0.466 e. The predicted octanol–water partition coefficient (Wildman–Crippen LogP) is 4.44. The maximum Gasteiger partial charge on any atom is 0.307 e. The standard InChI is InChI=1S/C21H44N2O2Si/c1-5-7-8-9-10-11-12-13-16-22-17-14-18-23(21(22)26(3)4)19-15-20(24)25-6-2/h21,26H,5-19H2,1-4H3. The SMILES string of the molecule is CCCCCCCCCCN1CCCN(CCC(=O)OCC)C1[SiH](C)C. The van der Waals surface area contributed by atoms with Gasteiger partial charge in [0.05, 0.1) is 21.8 Å². The molecule has 1 aliphatic heterocycles. The molecular weight excluding hydrogens is 340 g/mol. The van der Waals surface area contributed by atoms with Crippen LogP contribution in [0.25, 0.3) is 0 Å². The first-order valence-electron chi connectivity index (χ1n) is 11.2. The molecule has 154 valence electrons. The van der Waals surface area contributed by atoms with Gasteiger partial charge in [-0.05, 0) is 26.3 Å². The highest BCUT2D eigenvalue weighted by atomic mass is 28.3. The van der Waals surface area contributed by atoms with Crippen molar-refractivity contribution in [1.29, 1.82) is 0 Å². The molecule has 0 aromatic rings. The number of ether oxygens (including phenoxy) is 1. The Bertz CT molecular complexity index is 366. The molecule has 1 unspecified atom stereocenters. The first-order chi connectivity index (χ1) is 12.6. The first-order valence-corrected chi connectivity index (χ1v) is 14.2. The lowest BCUT2D eigenvalue weighted by Gasteiger charge is -2.46. The smallest absolute Gasteiger partial charge is 0.307 e. The van der Waals surface area contributed by atoms with Gasteiger partial charge in [-0.1, -0.05) is 65.0 Å². The van der Waals surface area contributed by atoms with E-state index in [1.807, 2.05) is 6.92 Å². The number of carbonyl (C=O) groups excluding carboxylic acids is 1. The average Bonchev–Trinajstić information content (AvgIpc) is 2.62. The molecule has 4 nitrogen and oxygen atoms in total. The molecule has 0 spiro atoms. The Morgan fingerprint density at radius 1 is 0.923 bits per heavy atom. The number of hydrogen-bond acceptors (Lipinski definition) is 4. The Kier molecular flexibility index (Phi) is 13.3. The average molecular weight is 385 g/mol. The summed E-state index contributed by atoms with van der Waals surface area (Å²) in [6, 6.07) is 0. The van der Waals surface area contributed by atoms with Gasteiger partial charge in [-0.25, -0.2) is 0 Å². The van der Waals surface area contributed by atoms with Crippen LogP contribution in [0.4, 0.5) is 0 Å². The number of hydrogen-bond donors (Lipinski definition) is 0. The first kappa shape index (κ1) is 23.6. The van der Waals surface area contributed by atoms with Gasteiger partial charge < -0.3 is 4.74 Å². The summed E-state index contributed by atoms with van der Waals surface area (Å²) in [5.74, 6) is 0.569. The quantitative estimate of drug-likeness (QED) is 0.252. The molecule has 1 heterocycles. The molecule has 1 aliphatic rings. The Morgan fingerprint density at radius 3 is 2.08 bits per heavy atom. The summed E-state index contributed by atoms with van der Waals surface area (Å²) in [6.07, 6.45) is 12.9. The number of unbranched alkanes of at least 4 members (excludes halogenated alkanes) is 7. The highest BCUT2D eigenvalue weighted by Crippen LogP contribution is 2.19. The van der Waals surface area contributed by atoms with Crippen LogP contribution in [-0.2, 0) is 9.53 Å². The second-order valence-corrected chi connectivity index (χ2v) is 11.2. The summed E-state index contributed by atoms with van der Waals surface area (Å²) in [6.45, 7) is 14.0. The maximum absolute atomic E-state index is 11.7. The Hall–Kier alpha value is -0.393. The zero-order chi connectivity index (χ0) is 19.2. The zero-order valence-electron chi connectivity index (χ0n) is 18.0. The third kappa shape index (κ3) is 9.52. The molecule has 0 aliphatic carbocycles. The van der Waals surface area contributed by atoms with Crippen LogP contribution in [0.2, 0.25) is 13.1 Å². The van der Waals surface area contributed by atoms with Crippen molar-refractivity contribution in [3.63, 3.8) is 0 Å². The van der Waals surface area contributed by atoms with Crippen molar-refractivity contribution >= 4 is 14.8 Å². The van der Waals surface area contributed by atoms with E-state index >= 15 is 0 Å². The lowest BCUT2D eigenvalue weighted by Crippen LogP contribution is -2.59. The van der Waals surface area contributed by atoms with Crippen LogP contribution in [-0.4, -0.2) is 63.1 Å². The van der Waals surface area contributed by atoms with E-state index in [4.69, 9.17) is 4.74 Å². The molecule has 0 saturated carbocycles. The molecule has 1 atom stereocenters. The molecule has 0 bridgehead atoms. The minimum absolute atomic E-state index is 0.0446. The fourth-order valence-corrected chi connectivity index (χ4v) is 6.50. The predicted molar refractivity (Wildman–Crippen MR) is 114 cm³/mol. The van der Waals surface area contributed by atoms with Crippen molar-refractivity contribution < 1.29 is 9.53 Å². The second-order valence-electron chi connectivity index (χ2n) is 8.11. The second kappa shape index (κ2) is 14.6. The van der Waals surface area contributed by atoms with Crippen LogP contribution in [0.5, 0.6) is 0 Å². The summed E-state index contributed by atoms with van der Waals surface area (Å²) >= 11 is 0. The molecule has 0 aromatic carbocycles. The van der Waals surface area contributed by atoms with Gasteiger partial charge in [0.1, 0.15) is 0 Å². The van der Waals surface area contributed by atoms with Gasteiger partial charge >= 0.3 is 5.97 Å². The van der Waals surface area contributed by atoms with Gasteiger partial charge in [0.25, 0.3) is 0 Å². The van der Waals surface area contributed by atoms with E-state index in [1.165, 1.54) is 70.9 Å². The molecule has 5 heteroatoms. The van der Waals surface area contributed by atoms with Crippen LogP contribution >= 0.6 is 0 Å². The topological polar surface area (TPSA) is 32.8 Å². The summed E-state index contributed by atoms with van der Waals surface area (Å²) in [5.41, 5.74) is 0. The van der Waals surface area contributed by atoms with E-state index in [0.29, 0.717) is 18.8 Å². The van der Waals surface area contributed by atoms with E-state index in [1.54, 1.807) is 0 Å². The Balaban J connectivity index is 2.32. The van der Waals surface area contributed by atoms with Gasteiger partial charge in [-0.3, -0.25) is 14.6 Å². The van der Waals surface area contributed by atoms with Gasteiger partial charge in [-0.15, -0.1) is 0 Å². The van der Waals surface area contributed by atoms with Crippen molar-refractivity contribution in [2.24, 2.45) is 0 Å². The number of rotatable bonds is 14. The summed E-state index contributed by atoms with van der Waals surface area (Å²) < 4.78 is 5.11. The lowest BCUT2D eigenvalue weighted by molar-refractivity contribution is -0.143. The summed E-state index contributed by atoms with van der Waals surface area (Å²) in [7, 11) is -0.825. The molecule has 1 fully saturated rings. The van der Waals surface area contributed by atoms with Crippen molar-refractivity contribution in [3.8, 4) is 0 Å². The van der Waals surface area contributed by atoms with Gasteiger partial charge in [0.2, 0.25) is 0 Å². The number of carbonyl (C=O) groups is 1. The Morgan fingerprint density at radius 2 is 1.50 bits per heavy atom. The number of esters is 1. The fourth-order valence-electron chi connectivity index (χ4n) is 4.22. The molecule has 1 saturated heterocycles. The van der Waals surface area contributed by atoms with Crippen LogP contribution in [0.15, 0.2) is 0 Å². The van der Waals surface area contributed by atoms with E-state index < -0.39 is 8.80 Å². The van der Waals surface area contributed by atoms with Gasteiger partial charge in [0.15, 0.2) is 0 Å². The van der Waals surface area contributed by atoms with Crippen LogP contribution in [0, 0.1) is 0 Å². The van der Waals surface area contributed by atoms with Crippen molar-refractivity contribution in [3.05, 3.63) is 0 Å². The maximum atomic E-state index is 11.7. The van der Waals surface area contributed by atoms with Crippen LogP contribution < -0.4 is 0 Å². The summed E-state index contributed by atoms with van der Waals surface area (Å²) in [5, 5.41) is 0. The van der Waals surface area contributed by atoms with E-state index in [9.17, 15) is 4.79 Å². The van der Waals surface area contributed by atoms with Crippen LogP contribution in [0.1, 0.15) is 78.1 Å². The van der Waals surface area contributed by atoms with Crippen molar-refractivity contribution in [2.45, 2.75) is 96.9 Å². The normalized spacial score (nSPS) is 19.2. The fraction of sp³-hybridized carbons (Fsp3) is 0.952. The highest BCUT2D eigenvalue weighted by molar-refractivity contribution is 6.57. The third-order valence-electron chi connectivity index (χ3n) is 5.44. The van der Waals surface area contributed by atoms with Crippen LogP contribution in [0.3, 0.4) is 0 Å². The lowest BCUT2D eigenvalue weighted by atomic mass is 10.1. The van der Waals surface area contributed by atoms with Crippen molar-refractivity contribution in [2.75, 3.05) is 32.8 Å². The zero-order valence-corrected chi connectivity index (χ0v) is 19.1. The van der Waals surface area contributed by atoms with E-state index in [0.717, 1.165) is 13.1 Å². The third-order valence-corrected chi connectivity index (χ3v) is 7.48. The number of nitrogens with zero attached hydrogens (tertiary/aromatic N) is 2. The Labute approximate surface area is 164 Å². The molecule has 0 aromatic heterocycles. The summed E-state index contributed by atoms with van der Waals surface area (Å²) in [4.78, 5) is 17.0. The minimum Gasteiger partial charge on any atom is -0.466 e. The van der Waals surface area contributed by atoms with Crippen molar-refractivity contribution in [1.82, 2.24) is 9.80 Å². The van der Waals surface area contributed by atoms with Gasteiger partial charge in [0, 0.05) is 25.4 Å². The molecule has 1 rings (SSSR count). The minimum atomic E-state index is -0.825. The molecular formula is C21H44N2O2Si. The van der Waals surface area contributed by atoms with Gasteiger partial charge in [-0.2, -0.15) is 0 Å². The molecule has 0 radical (unpaired) electrons. The highest BCUT2D eigenvalue weighted by Gasteiger charge is 2.31. The van der Waals surface area contributed by atoms with E-state index in [2.05, 4.69) is 29.8 Å². The van der Waals surface area contributed by atoms with E-state index in [-0.39, 0.29) is 5.97 Å². The molecule has 0 amide bonds. The molecule has 0 N–H and O–H groups in total. The molecule has 26 heavy (non-hydrogen) atoms.